The summed E-state index contributed by atoms with van der Waals surface area (Å²) < 4.78 is 1.83. The van der Waals surface area contributed by atoms with Crippen LogP contribution in [-0.2, 0) is 18.3 Å². The van der Waals surface area contributed by atoms with E-state index in [9.17, 15) is 19.5 Å². The van der Waals surface area contributed by atoms with Crippen molar-refractivity contribution in [3.05, 3.63) is 95.4 Å². The van der Waals surface area contributed by atoms with Gasteiger partial charge >= 0.3 is 5.97 Å². The third-order valence-corrected chi connectivity index (χ3v) is 5.91. The van der Waals surface area contributed by atoms with Crippen molar-refractivity contribution in [3.63, 3.8) is 0 Å². The number of carboxylic acids is 1. The molecule has 9 heteroatoms. The molecule has 0 aliphatic rings. The van der Waals surface area contributed by atoms with Crippen LogP contribution in [0.25, 0.3) is 10.9 Å². The van der Waals surface area contributed by atoms with E-state index < -0.39 is 18.4 Å². The number of pyridine rings is 1. The number of hydrogen-bond donors (Lipinski definition) is 3. The van der Waals surface area contributed by atoms with Gasteiger partial charge in [0.2, 0.25) is 0 Å². The number of aromatic nitrogens is 2. The highest BCUT2D eigenvalue weighted by molar-refractivity contribution is 6.11. The Kier molecular flexibility index (Phi) is 6.91. The molecule has 0 saturated carbocycles. The normalized spacial score (nSPS) is 10.8. The minimum absolute atomic E-state index is 0.0114. The molecule has 0 aliphatic heterocycles. The van der Waals surface area contributed by atoms with E-state index in [2.05, 4.69) is 4.98 Å². The Hall–Kier alpha value is -4.79. The molecule has 182 valence electrons. The first-order valence-electron chi connectivity index (χ1n) is 11.2. The van der Waals surface area contributed by atoms with Gasteiger partial charge in [-0.3, -0.25) is 29.7 Å². The molecule has 2 heterocycles. The SMILES string of the molecule is Cn1cc(C(=O)CCc2ccc(C(=N)N)cc2)c2cc(N(CC(=O)O)C(=O)c3ccccn3)ccc21. The van der Waals surface area contributed by atoms with Crippen LogP contribution in [0.4, 0.5) is 5.69 Å². The van der Waals surface area contributed by atoms with Gasteiger partial charge in [0.15, 0.2) is 5.78 Å². The van der Waals surface area contributed by atoms with E-state index in [-0.39, 0.29) is 23.7 Å². The number of hydrogen-bond acceptors (Lipinski definition) is 5. The zero-order valence-corrected chi connectivity index (χ0v) is 19.6. The zero-order chi connectivity index (χ0) is 25.8. The van der Waals surface area contributed by atoms with E-state index in [1.165, 1.54) is 12.3 Å². The summed E-state index contributed by atoms with van der Waals surface area (Å²) in [6, 6.07) is 17.2. The number of anilines is 1. The average molecular weight is 484 g/mol. The van der Waals surface area contributed by atoms with Gasteiger partial charge in [-0.05, 0) is 42.3 Å². The highest BCUT2D eigenvalue weighted by Crippen LogP contribution is 2.28. The summed E-state index contributed by atoms with van der Waals surface area (Å²) >= 11 is 0. The maximum atomic E-state index is 13.2. The molecule has 0 atom stereocenters. The smallest absolute Gasteiger partial charge is 0.323 e. The first-order chi connectivity index (χ1) is 17.2. The van der Waals surface area contributed by atoms with Crippen molar-refractivity contribution in [1.29, 1.82) is 5.41 Å². The summed E-state index contributed by atoms with van der Waals surface area (Å²) in [7, 11) is 1.83. The lowest BCUT2D eigenvalue weighted by molar-refractivity contribution is -0.135. The fourth-order valence-corrected chi connectivity index (χ4v) is 4.06. The van der Waals surface area contributed by atoms with Crippen LogP contribution in [0.2, 0.25) is 0 Å². The average Bonchev–Trinajstić information content (AvgIpc) is 3.21. The van der Waals surface area contributed by atoms with E-state index >= 15 is 0 Å². The molecule has 4 N–H and O–H groups in total. The number of carbonyl (C=O) groups excluding carboxylic acids is 2. The first kappa shape index (κ1) is 24.3. The molecule has 0 aliphatic carbocycles. The largest absolute Gasteiger partial charge is 0.480 e. The van der Waals surface area contributed by atoms with Gasteiger partial charge in [-0.1, -0.05) is 30.3 Å². The van der Waals surface area contributed by atoms with E-state index in [1.807, 2.05) is 23.7 Å². The predicted molar refractivity (Wildman–Crippen MR) is 137 cm³/mol. The topological polar surface area (TPSA) is 142 Å². The summed E-state index contributed by atoms with van der Waals surface area (Å²) in [5.74, 6) is -1.80. The monoisotopic (exact) mass is 483 g/mol. The number of benzene rings is 2. The quantitative estimate of drug-likeness (QED) is 0.189. The van der Waals surface area contributed by atoms with Crippen LogP contribution in [0.1, 0.15) is 38.4 Å². The fraction of sp³-hybridized carbons (Fsp3) is 0.148. The van der Waals surface area contributed by atoms with Crippen molar-refractivity contribution in [2.45, 2.75) is 12.8 Å². The van der Waals surface area contributed by atoms with Crippen LogP contribution >= 0.6 is 0 Å². The maximum absolute atomic E-state index is 13.2. The van der Waals surface area contributed by atoms with Gasteiger partial charge in [0.05, 0.1) is 0 Å². The number of Topliss-reactive ketones (excluding diaryl/α,β-unsaturated/α-hetero) is 1. The number of nitrogen functional groups attached to an aromatic ring is 1. The molecule has 2 aromatic heterocycles. The minimum Gasteiger partial charge on any atom is -0.480 e. The molecule has 36 heavy (non-hydrogen) atoms. The third-order valence-electron chi connectivity index (χ3n) is 5.91. The highest BCUT2D eigenvalue weighted by atomic mass is 16.4. The number of aryl methyl sites for hydroxylation is 2. The summed E-state index contributed by atoms with van der Waals surface area (Å²) in [4.78, 5) is 43.0. The van der Waals surface area contributed by atoms with Crippen molar-refractivity contribution < 1.29 is 19.5 Å². The van der Waals surface area contributed by atoms with E-state index in [4.69, 9.17) is 11.1 Å². The number of amidine groups is 1. The molecule has 0 fully saturated rings. The summed E-state index contributed by atoms with van der Waals surface area (Å²) in [6.45, 7) is -0.548. The van der Waals surface area contributed by atoms with E-state index in [0.717, 1.165) is 16.0 Å². The first-order valence-corrected chi connectivity index (χ1v) is 11.2. The number of aliphatic carboxylic acids is 1. The minimum atomic E-state index is -1.17. The van der Waals surface area contributed by atoms with Gasteiger partial charge in [0.1, 0.15) is 18.1 Å². The molecule has 1 amide bonds. The zero-order valence-electron chi connectivity index (χ0n) is 19.6. The highest BCUT2D eigenvalue weighted by Gasteiger charge is 2.23. The van der Waals surface area contributed by atoms with E-state index in [1.54, 1.807) is 48.7 Å². The second-order valence-electron chi connectivity index (χ2n) is 8.39. The number of carbonyl (C=O) groups is 3. The molecule has 9 nitrogen and oxygen atoms in total. The van der Waals surface area contributed by atoms with Crippen molar-refractivity contribution in [2.24, 2.45) is 12.8 Å². The van der Waals surface area contributed by atoms with Crippen molar-refractivity contribution in [1.82, 2.24) is 9.55 Å². The summed E-state index contributed by atoms with van der Waals surface area (Å²) in [6.07, 6.45) is 3.99. The molecular formula is C27H25N5O4. The predicted octanol–water partition coefficient (Wildman–Crippen LogP) is 3.40. The van der Waals surface area contributed by atoms with Crippen LogP contribution in [0, 0.1) is 5.41 Å². The Balaban J connectivity index is 1.63. The second-order valence-corrected chi connectivity index (χ2v) is 8.39. The van der Waals surface area contributed by atoms with Gasteiger partial charge in [-0.15, -0.1) is 0 Å². The third kappa shape index (κ3) is 5.15. The van der Waals surface area contributed by atoms with Crippen LogP contribution in [-0.4, -0.2) is 44.7 Å². The maximum Gasteiger partial charge on any atom is 0.323 e. The lowest BCUT2D eigenvalue weighted by Gasteiger charge is -2.21. The van der Waals surface area contributed by atoms with Crippen molar-refractivity contribution in [3.8, 4) is 0 Å². The number of nitrogens with two attached hydrogens (primary N) is 1. The van der Waals surface area contributed by atoms with Gasteiger partial charge in [0, 0.05) is 53.6 Å². The Morgan fingerprint density at radius 3 is 2.47 bits per heavy atom. The lowest BCUT2D eigenvalue weighted by atomic mass is 10.0. The molecule has 0 spiro atoms. The van der Waals surface area contributed by atoms with Crippen molar-refractivity contribution >= 4 is 40.1 Å². The van der Waals surface area contributed by atoms with Crippen LogP contribution in [0.3, 0.4) is 0 Å². The van der Waals surface area contributed by atoms with Crippen LogP contribution in [0.5, 0.6) is 0 Å². The second kappa shape index (κ2) is 10.2. The van der Waals surface area contributed by atoms with Gasteiger partial charge < -0.3 is 15.4 Å². The Labute approximate surface area is 207 Å². The number of rotatable bonds is 9. The fourth-order valence-electron chi connectivity index (χ4n) is 4.06. The summed E-state index contributed by atoms with van der Waals surface area (Å²) in [5, 5.41) is 17.6. The summed E-state index contributed by atoms with van der Waals surface area (Å²) in [5.41, 5.74) is 8.83. The molecule has 0 radical (unpaired) electrons. The molecule has 2 aromatic carbocycles. The standard InChI is InChI=1S/C27H25N5O4/c1-31-15-21(24(33)12-7-17-5-8-18(9-6-17)26(28)29)20-14-19(10-11-23(20)31)32(16-25(34)35)27(36)22-4-2-3-13-30-22/h2-6,8-11,13-15H,7,12,16H2,1H3,(H3,28,29)(H,34,35). The number of carboxylic acid groups (broad SMARTS) is 1. The van der Waals surface area contributed by atoms with Crippen LogP contribution < -0.4 is 10.6 Å². The van der Waals surface area contributed by atoms with Gasteiger partial charge in [-0.2, -0.15) is 0 Å². The molecule has 0 unspecified atom stereocenters. The Bertz CT molecular complexity index is 1460. The van der Waals surface area contributed by atoms with Crippen LogP contribution in [0.15, 0.2) is 73.1 Å². The van der Waals surface area contributed by atoms with E-state index in [0.29, 0.717) is 28.6 Å². The van der Waals surface area contributed by atoms with Gasteiger partial charge in [0.25, 0.3) is 5.91 Å². The Morgan fingerprint density at radius 1 is 1.08 bits per heavy atom. The lowest BCUT2D eigenvalue weighted by Crippen LogP contribution is -2.36. The molecular weight excluding hydrogens is 458 g/mol. The number of nitrogens with zero attached hydrogens (tertiary/aromatic N) is 3. The molecule has 4 rings (SSSR count). The number of amides is 1. The number of nitrogens with one attached hydrogen (secondary N) is 1. The molecule has 0 saturated heterocycles. The van der Waals surface area contributed by atoms with Crippen molar-refractivity contribution in [2.75, 3.05) is 11.4 Å². The molecule has 0 bridgehead atoms. The molecule has 4 aromatic rings. The number of fused-ring (bicyclic) bond motifs is 1. The van der Waals surface area contributed by atoms with Gasteiger partial charge in [-0.25, -0.2) is 0 Å². The Morgan fingerprint density at radius 2 is 1.83 bits per heavy atom. The number of ketones is 1.